The molecule has 194 valence electrons. The Morgan fingerprint density at radius 1 is 1.22 bits per heavy atom. The maximum absolute atomic E-state index is 13.1. The second-order valence-electron chi connectivity index (χ2n) is 8.86. The maximum atomic E-state index is 13.1. The number of benzene rings is 1. The van der Waals surface area contributed by atoms with Gasteiger partial charge in [0, 0.05) is 58.2 Å². The third kappa shape index (κ3) is 5.51. The molecule has 1 fully saturated rings. The van der Waals surface area contributed by atoms with Gasteiger partial charge in [0.25, 0.3) is 10.0 Å². The highest BCUT2D eigenvalue weighted by Gasteiger charge is 2.32. The highest BCUT2D eigenvalue weighted by atomic mass is 32.2. The summed E-state index contributed by atoms with van der Waals surface area (Å²) in [5, 5.41) is 15.5. The summed E-state index contributed by atoms with van der Waals surface area (Å²) in [6.07, 6.45) is 0.282. The average Bonchev–Trinajstić information content (AvgIpc) is 3.19. The molecule has 0 bridgehead atoms. The van der Waals surface area contributed by atoms with E-state index in [1.165, 1.54) is 4.31 Å². The largest absolute Gasteiger partial charge is 0.465 e. The Bertz CT molecular complexity index is 1350. The number of anilines is 3. The zero-order chi connectivity index (χ0) is 26.0. The van der Waals surface area contributed by atoms with Gasteiger partial charge in [-0.1, -0.05) is 17.4 Å². The van der Waals surface area contributed by atoms with E-state index in [4.69, 9.17) is 5.11 Å². The number of piperazine rings is 1. The number of aryl methyl sites for hydroxylation is 1. The number of sulfonamides is 1. The van der Waals surface area contributed by atoms with Crippen LogP contribution in [0, 0.1) is 6.92 Å². The van der Waals surface area contributed by atoms with Crippen LogP contribution in [0.2, 0.25) is 0 Å². The van der Waals surface area contributed by atoms with Crippen molar-refractivity contribution in [3.8, 4) is 0 Å². The minimum Gasteiger partial charge on any atom is -0.465 e. The number of thiazole rings is 1. The van der Waals surface area contributed by atoms with Crippen LogP contribution in [0.1, 0.15) is 12.6 Å². The first-order valence-electron chi connectivity index (χ1n) is 11.4. The van der Waals surface area contributed by atoms with Gasteiger partial charge in [-0.3, -0.25) is 10.2 Å². The zero-order valence-electron chi connectivity index (χ0n) is 20.6. The number of nitrogens with zero attached hydrogens (tertiary/aromatic N) is 6. The summed E-state index contributed by atoms with van der Waals surface area (Å²) in [5.74, 6) is 0.767. The van der Waals surface area contributed by atoms with Crippen LogP contribution in [0.4, 0.5) is 21.4 Å². The fourth-order valence-corrected chi connectivity index (χ4v) is 7.21. The summed E-state index contributed by atoms with van der Waals surface area (Å²) in [7, 11) is 0.211. The molecule has 3 aromatic rings. The van der Waals surface area contributed by atoms with Gasteiger partial charge in [-0.15, -0.1) is 0 Å². The molecule has 1 aromatic carbocycles. The predicted octanol–water partition coefficient (Wildman–Crippen LogP) is 2.36. The van der Waals surface area contributed by atoms with Gasteiger partial charge < -0.3 is 15.3 Å². The molecule has 0 saturated carbocycles. The van der Waals surface area contributed by atoms with E-state index in [-0.39, 0.29) is 15.4 Å². The van der Waals surface area contributed by atoms with E-state index in [2.05, 4.69) is 37.4 Å². The number of rotatable bonds is 8. The summed E-state index contributed by atoms with van der Waals surface area (Å²) in [5.41, 5.74) is 2.19. The molecule has 0 spiro atoms. The summed E-state index contributed by atoms with van der Waals surface area (Å²) >= 11 is 0.833. The lowest BCUT2D eigenvalue weighted by molar-refractivity contribution is 0.184. The van der Waals surface area contributed by atoms with Crippen LogP contribution in [-0.2, 0) is 10.0 Å². The molecular weight excluding hydrogens is 504 g/mol. The highest BCUT2D eigenvalue weighted by molar-refractivity contribution is 7.91. The number of carbonyl (C=O) groups is 1. The normalized spacial score (nSPS) is 16.1. The average molecular weight is 535 g/mol. The van der Waals surface area contributed by atoms with Crippen molar-refractivity contribution in [2.45, 2.75) is 24.1 Å². The molecule has 1 saturated heterocycles. The molecule has 4 rings (SSSR count). The second-order valence-corrected chi connectivity index (χ2v) is 12.0. The van der Waals surface area contributed by atoms with Crippen LogP contribution in [0.3, 0.4) is 0 Å². The Morgan fingerprint density at radius 2 is 1.94 bits per heavy atom. The van der Waals surface area contributed by atoms with Crippen LogP contribution in [0.25, 0.3) is 10.9 Å². The molecule has 12 nitrogen and oxygen atoms in total. The molecule has 1 aliphatic rings. The van der Waals surface area contributed by atoms with Crippen molar-refractivity contribution in [3.05, 3.63) is 30.2 Å². The minimum atomic E-state index is -3.75. The Kier molecular flexibility index (Phi) is 7.59. The van der Waals surface area contributed by atoms with Gasteiger partial charge in [-0.25, -0.2) is 28.2 Å². The van der Waals surface area contributed by atoms with Crippen molar-refractivity contribution in [2.75, 3.05) is 62.4 Å². The number of carboxylic acid groups (broad SMARTS) is 1. The molecule has 1 atom stereocenters. The summed E-state index contributed by atoms with van der Waals surface area (Å²) < 4.78 is 27.8. The molecule has 2 aromatic heterocycles. The number of fused-ring (bicyclic) bond motifs is 1. The molecule has 36 heavy (non-hydrogen) atoms. The van der Waals surface area contributed by atoms with E-state index in [9.17, 15) is 13.2 Å². The van der Waals surface area contributed by atoms with Gasteiger partial charge in [-0.2, -0.15) is 4.31 Å². The summed E-state index contributed by atoms with van der Waals surface area (Å²) in [4.78, 5) is 28.0. The van der Waals surface area contributed by atoms with Crippen LogP contribution >= 0.6 is 11.3 Å². The van der Waals surface area contributed by atoms with Crippen LogP contribution in [0.15, 0.2) is 28.7 Å². The van der Waals surface area contributed by atoms with Crippen molar-refractivity contribution in [3.63, 3.8) is 0 Å². The fourth-order valence-electron chi connectivity index (χ4n) is 4.25. The number of hydrogen-bond acceptors (Lipinski definition) is 10. The van der Waals surface area contributed by atoms with E-state index in [1.54, 1.807) is 13.3 Å². The first-order valence-corrected chi connectivity index (χ1v) is 13.7. The van der Waals surface area contributed by atoms with E-state index in [0.29, 0.717) is 31.9 Å². The van der Waals surface area contributed by atoms with Crippen LogP contribution in [0.5, 0.6) is 0 Å². The lowest BCUT2D eigenvalue weighted by atomic mass is 10.2. The standard InChI is InChI=1S/C22H30N8O4S2/c1-14(25-19-16-6-5-7-17(28(3)4)18(16)23-13-24-19)12-29-8-10-30(11-9-29)36(33,34)20-15(2)26-21(35-20)27-22(31)32/h5-7,13-14H,8-12H2,1-4H3,(H,26,27)(H,31,32)(H,23,24,25). The quantitative estimate of drug-likeness (QED) is 0.394. The zero-order valence-corrected chi connectivity index (χ0v) is 22.2. The first-order chi connectivity index (χ1) is 17.1. The van der Waals surface area contributed by atoms with Crippen molar-refractivity contribution in [1.82, 2.24) is 24.2 Å². The van der Waals surface area contributed by atoms with Crippen LogP contribution in [-0.4, -0.2) is 96.6 Å². The SMILES string of the molecule is Cc1nc(NC(=O)O)sc1S(=O)(=O)N1CCN(CC(C)Nc2ncnc3c(N(C)C)cccc23)CC1. The molecule has 3 heterocycles. The molecule has 3 N–H and O–H groups in total. The Labute approximate surface area is 214 Å². The van der Waals surface area contributed by atoms with E-state index < -0.39 is 16.1 Å². The lowest BCUT2D eigenvalue weighted by Gasteiger charge is -2.35. The Balaban J connectivity index is 1.38. The number of aromatic nitrogens is 3. The van der Waals surface area contributed by atoms with Gasteiger partial charge in [0.15, 0.2) is 9.34 Å². The molecule has 0 radical (unpaired) electrons. The Hall–Kier alpha value is -3.07. The van der Waals surface area contributed by atoms with Gasteiger partial charge in [-0.05, 0) is 26.0 Å². The molecule has 1 amide bonds. The fraction of sp³-hybridized carbons (Fsp3) is 0.455. The molecule has 1 unspecified atom stereocenters. The number of para-hydroxylation sites is 1. The maximum Gasteiger partial charge on any atom is 0.410 e. The third-order valence-electron chi connectivity index (χ3n) is 5.91. The topological polar surface area (TPSA) is 144 Å². The monoisotopic (exact) mass is 534 g/mol. The van der Waals surface area contributed by atoms with Crippen LogP contribution < -0.4 is 15.5 Å². The minimum absolute atomic E-state index is 0.0482. The lowest BCUT2D eigenvalue weighted by Crippen LogP contribution is -2.50. The number of nitrogens with one attached hydrogen (secondary N) is 2. The van der Waals surface area contributed by atoms with Crippen molar-refractivity contribution in [1.29, 1.82) is 0 Å². The molecular formula is C22H30N8O4S2. The highest BCUT2D eigenvalue weighted by Crippen LogP contribution is 2.31. The smallest absolute Gasteiger partial charge is 0.410 e. The predicted molar refractivity (Wildman–Crippen MR) is 141 cm³/mol. The van der Waals surface area contributed by atoms with E-state index in [0.717, 1.165) is 40.3 Å². The van der Waals surface area contributed by atoms with Crippen molar-refractivity contribution < 1.29 is 18.3 Å². The van der Waals surface area contributed by atoms with Gasteiger partial charge in [0.2, 0.25) is 0 Å². The first kappa shape index (κ1) is 26.0. The van der Waals surface area contributed by atoms with Gasteiger partial charge in [0.1, 0.15) is 12.1 Å². The molecule has 14 heteroatoms. The summed E-state index contributed by atoms with van der Waals surface area (Å²) in [6.45, 7) is 6.21. The molecule has 1 aliphatic heterocycles. The molecule has 0 aliphatic carbocycles. The van der Waals surface area contributed by atoms with Gasteiger partial charge in [0.05, 0.1) is 16.9 Å². The number of amides is 1. The van der Waals surface area contributed by atoms with Crippen molar-refractivity contribution >= 4 is 55.0 Å². The van der Waals surface area contributed by atoms with E-state index in [1.807, 2.05) is 37.2 Å². The van der Waals surface area contributed by atoms with Crippen molar-refractivity contribution in [2.24, 2.45) is 0 Å². The Morgan fingerprint density at radius 3 is 2.61 bits per heavy atom. The number of hydrogen-bond donors (Lipinski definition) is 3. The third-order valence-corrected chi connectivity index (χ3v) is 9.47. The van der Waals surface area contributed by atoms with Gasteiger partial charge >= 0.3 is 6.09 Å². The second kappa shape index (κ2) is 10.5. The summed E-state index contributed by atoms with van der Waals surface area (Å²) in [6, 6.07) is 6.08. The van der Waals surface area contributed by atoms with E-state index >= 15 is 0 Å².